The highest BCUT2D eigenvalue weighted by atomic mass is 19.1. The summed E-state index contributed by atoms with van der Waals surface area (Å²) in [5.74, 6) is -1.08. The van der Waals surface area contributed by atoms with Crippen molar-refractivity contribution < 1.29 is 22.7 Å². The van der Waals surface area contributed by atoms with Crippen LogP contribution in [0.3, 0.4) is 0 Å². The smallest absolute Gasteiger partial charge is 0.248 e. The van der Waals surface area contributed by atoms with Gasteiger partial charge >= 0.3 is 0 Å². The number of anilines is 1. The number of halogens is 2. The predicted molar refractivity (Wildman–Crippen MR) is 86.8 cm³/mol. The Bertz CT molecular complexity index is 931. The monoisotopic (exact) mass is 329 g/mol. The number of hydrogen-bond donors (Lipinski definition) is 1. The molecule has 0 atom stereocenters. The Morgan fingerprint density at radius 2 is 2.04 bits per heavy atom. The Morgan fingerprint density at radius 3 is 2.79 bits per heavy atom. The Labute approximate surface area is 136 Å². The number of rotatable bonds is 4. The van der Waals surface area contributed by atoms with Gasteiger partial charge in [0.15, 0.2) is 11.3 Å². The molecular formula is C18H13F2NO3. The number of benzene rings is 2. The van der Waals surface area contributed by atoms with E-state index in [1.807, 2.05) is 12.1 Å². The fraction of sp³-hybridized carbons (Fsp3) is 0.0556. The lowest BCUT2D eigenvalue weighted by molar-refractivity contribution is -0.111. The van der Waals surface area contributed by atoms with E-state index in [1.54, 1.807) is 12.1 Å². The maximum atomic E-state index is 13.5. The summed E-state index contributed by atoms with van der Waals surface area (Å²) in [6.07, 6.45) is 2.66. The van der Waals surface area contributed by atoms with Gasteiger partial charge < -0.3 is 14.5 Å². The topological polar surface area (TPSA) is 51.5 Å². The minimum Gasteiger partial charge on any atom is -0.493 e. The molecule has 0 aliphatic rings. The van der Waals surface area contributed by atoms with Gasteiger partial charge in [-0.1, -0.05) is 12.1 Å². The van der Waals surface area contributed by atoms with Crippen LogP contribution in [-0.4, -0.2) is 13.0 Å². The van der Waals surface area contributed by atoms with Crippen LogP contribution in [-0.2, 0) is 4.79 Å². The molecule has 1 N–H and O–H groups in total. The van der Waals surface area contributed by atoms with E-state index < -0.39 is 17.5 Å². The third-order valence-electron chi connectivity index (χ3n) is 3.33. The summed E-state index contributed by atoms with van der Waals surface area (Å²) in [5, 5.41) is 3.16. The first-order valence-electron chi connectivity index (χ1n) is 7.07. The number of amides is 1. The molecule has 0 aliphatic carbocycles. The van der Waals surface area contributed by atoms with Crippen molar-refractivity contribution in [2.24, 2.45) is 0 Å². The van der Waals surface area contributed by atoms with E-state index in [2.05, 4.69) is 5.32 Å². The van der Waals surface area contributed by atoms with Gasteiger partial charge in [-0.25, -0.2) is 8.78 Å². The first-order chi connectivity index (χ1) is 11.6. The normalized spacial score (nSPS) is 11.1. The molecule has 0 spiro atoms. The molecule has 4 nitrogen and oxygen atoms in total. The van der Waals surface area contributed by atoms with Crippen molar-refractivity contribution in [2.45, 2.75) is 0 Å². The van der Waals surface area contributed by atoms with Crippen LogP contribution in [0.2, 0.25) is 0 Å². The lowest BCUT2D eigenvalue weighted by Crippen LogP contribution is -2.09. The van der Waals surface area contributed by atoms with Gasteiger partial charge in [0.1, 0.15) is 17.4 Å². The average molecular weight is 329 g/mol. The number of fused-ring (bicyclic) bond motifs is 1. The Morgan fingerprint density at radius 1 is 1.21 bits per heavy atom. The highest BCUT2D eigenvalue weighted by molar-refractivity contribution is 6.02. The lowest BCUT2D eigenvalue weighted by atomic mass is 10.2. The van der Waals surface area contributed by atoms with E-state index in [9.17, 15) is 13.6 Å². The quantitative estimate of drug-likeness (QED) is 0.723. The summed E-state index contributed by atoms with van der Waals surface area (Å²) in [4.78, 5) is 11.8. The van der Waals surface area contributed by atoms with E-state index in [0.717, 1.165) is 17.5 Å². The van der Waals surface area contributed by atoms with Gasteiger partial charge in [0.25, 0.3) is 0 Å². The van der Waals surface area contributed by atoms with Crippen molar-refractivity contribution in [3.8, 4) is 5.75 Å². The number of carbonyl (C=O) groups excluding carboxylic acids is 1. The Kier molecular flexibility index (Phi) is 4.29. The number of methoxy groups -OCH3 is 1. The van der Waals surface area contributed by atoms with Crippen molar-refractivity contribution in [3.05, 3.63) is 65.9 Å². The molecule has 0 bridgehead atoms. The first kappa shape index (κ1) is 15.7. The zero-order valence-corrected chi connectivity index (χ0v) is 12.7. The molecule has 0 saturated carbocycles. The van der Waals surface area contributed by atoms with Crippen molar-refractivity contribution in [1.29, 1.82) is 0 Å². The van der Waals surface area contributed by atoms with E-state index in [0.29, 0.717) is 23.2 Å². The number of furan rings is 1. The fourth-order valence-corrected chi connectivity index (χ4v) is 2.22. The van der Waals surface area contributed by atoms with Gasteiger partial charge in [0.2, 0.25) is 5.91 Å². The van der Waals surface area contributed by atoms with Crippen LogP contribution < -0.4 is 10.1 Å². The van der Waals surface area contributed by atoms with Crippen LogP contribution in [0, 0.1) is 11.6 Å². The molecule has 3 rings (SSSR count). The van der Waals surface area contributed by atoms with Gasteiger partial charge in [0.05, 0.1) is 12.8 Å². The maximum Gasteiger partial charge on any atom is 0.248 e. The molecule has 0 fully saturated rings. The molecule has 6 heteroatoms. The van der Waals surface area contributed by atoms with E-state index in [4.69, 9.17) is 9.15 Å². The zero-order chi connectivity index (χ0) is 17.1. The van der Waals surface area contributed by atoms with Crippen molar-refractivity contribution in [2.75, 3.05) is 12.4 Å². The van der Waals surface area contributed by atoms with Crippen LogP contribution in [0.5, 0.6) is 5.75 Å². The summed E-state index contributed by atoms with van der Waals surface area (Å²) in [5.41, 5.74) is 0.474. The molecule has 0 saturated heterocycles. The first-order valence-corrected chi connectivity index (χ1v) is 7.07. The molecule has 122 valence electrons. The Hall–Kier alpha value is -3.15. The standard InChI is InChI=1S/C18H13F2NO3/c1-23-16-4-2-3-11-9-13(24-18(11)16)6-8-17(22)21-15-7-5-12(19)10-14(15)20/h2-10H,1H3,(H,21,22)/b8-6+. The number of para-hydroxylation sites is 1. The maximum absolute atomic E-state index is 13.5. The minimum atomic E-state index is -0.842. The number of carbonyl (C=O) groups is 1. The van der Waals surface area contributed by atoms with Crippen LogP contribution in [0.15, 0.2) is 53.0 Å². The molecule has 1 amide bonds. The number of hydrogen-bond acceptors (Lipinski definition) is 3. The lowest BCUT2D eigenvalue weighted by Gasteiger charge is -2.03. The van der Waals surface area contributed by atoms with Crippen molar-refractivity contribution in [3.63, 3.8) is 0 Å². The SMILES string of the molecule is COc1cccc2cc(/C=C/C(=O)Nc3ccc(F)cc3F)oc12. The molecule has 0 radical (unpaired) electrons. The molecule has 1 aromatic heterocycles. The van der Waals surface area contributed by atoms with Gasteiger partial charge in [0, 0.05) is 17.5 Å². The second-order valence-electron chi connectivity index (χ2n) is 4.97. The second-order valence-corrected chi connectivity index (χ2v) is 4.97. The summed E-state index contributed by atoms with van der Waals surface area (Å²) in [6, 6.07) is 10.1. The van der Waals surface area contributed by atoms with E-state index >= 15 is 0 Å². The summed E-state index contributed by atoms with van der Waals surface area (Å²) in [7, 11) is 1.54. The molecule has 0 aliphatic heterocycles. The average Bonchev–Trinajstić information content (AvgIpc) is 2.98. The van der Waals surface area contributed by atoms with E-state index in [1.165, 1.54) is 19.3 Å². The van der Waals surface area contributed by atoms with Crippen LogP contribution in [0.4, 0.5) is 14.5 Å². The molecule has 3 aromatic rings. The molecular weight excluding hydrogens is 316 g/mol. The number of nitrogens with one attached hydrogen (secondary N) is 1. The van der Waals surface area contributed by atoms with Crippen molar-refractivity contribution in [1.82, 2.24) is 0 Å². The van der Waals surface area contributed by atoms with Gasteiger partial charge in [-0.05, 0) is 30.3 Å². The molecule has 24 heavy (non-hydrogen) atoms. The van der Waals surface area contributed by atoms with Gasteiger partial charge in [-0.3, -0.25) is 4.79 Å². The van der Waals surface area contributed by atoms with Gasteiger partial charge in [-0.2, -0.15) is 0 Å². The summed E-state index contributed by atoms with van der Waals surface area (Å²) < 4.78 is 37.1. The van der Waals surface area contributed by atoms with Crippen LogP contribution >= 0.6 is 0 Å². The van der Waals surface area contributed by atoms with Gasteiger partial charge in [-0.15, -0.1) is 0 Å². The minimum absolute atomic E-state index is 0.0997. The third-order valence-corrected chi connectivity index (χ3v) is 3.33. The molecule has 1 heterocycles. The van der Waals surface area contributed by atoms with Crippen LogP contribution in [0.1, 0.15) is 5.76 Å². The highest BCUT2D eigenvalue weighted by Crippen LogP contribution is 2.28. The molecule has 0 unspecified atom stereocenters. The highest BCUT2D eigenvalue weighted by Gasteiger charge is 2.08. The number of ether oxygens (including phenoxy) is 1. The van der Waals surface area contributed by atoms with E-state index in [-0.39, 0.29) is 5.69 Å². The largest absolute Gasteiger partial charge is 0.493 e. The third kappa shape index (κ3) is 3.27. The zero-order valence-electron chi connectivity index (χ0n) is 12.7. The van der Waals surface area contributed by atoms with Crippen LogP contribution in [0.25, 0.3) is 17.0 Å². The summed E-state index contributed by atoms with van der Waals surface area (Å²) in [6.45, 7) is 0. The predicted octanol–water partition coefficient (Wildman–Crippen LogP) is 4.37. The van der Waals surface area contributed by atoms with Crippen molar-refractivity contribution >= 4 is 28.6 Å². The fourth-order valence-electron chi connectivity index (χ4n) is 2.22. The summed E-state index contributed by atoms with van der Waals surface area (Å²) >= 11 is 0. The Balaban J connectivity index is 1.76. The second kappa shape index (κ2) is 6.54. The molecule has 2 aromatic carbocycles.